The lowest BCUT2D eigenvalue weighted by molar-refractivity contribution is -0.144. The lowest BCUT2D eigenvalue weighted by Crippen LogP contribution is -2.19. The number of hydrogen-bond donors (Lipinski definition) is 1. The molecule has 0 saturated heterocycles. The van der Waals surface area contributed by atoms with E-state index in [1.165, 1.54) is 0 Å². The third-order valence-electron chi connectivity index (χ3n) is 3.01. The zero-order valence-corrected chi connectivity index (χ0v) is 10.8. The van der Waals surface area contributed by atoms with Crippen LogP contribution < -0.4 is 0 Å². The molecule has 1 atom stereocenters. The zero-order valence-electron chi connectivity index (χ0n) is 10.8. The predicted octanol–water partition coefficient (Wildman–Crippen LogP) is 2.83. The first-order valence-corrected chi connectivity index (χ1v) is 6.06. The highest BCUT2D eigenvalue weighted by Gasteiger charge is 2.24. The maximum atomic E-state index is 11.8. The van der Waals surface area contributed by atoms with Gasteiger partial charge in [-0.05, 0) is 26.0 Å². The van der Waals surface area contributed by atoms with E-state index in [0.29, 0.717) is 11.2 Å². The van der Waals surface area contributed by atoms with E-state index in [1.54, 1.807) is 32.0 Å². The summed E-state index contributed by atoms with van der Waals surface area (Å²) >= 11 is 0. The minimum absolute atomic E-state index is 0.274. The van der Waals surface area contributed by atoms with Gasteiger partial charge in [-0.3, -0.25) is 4.79 Å². The molecular formula is C14H15NO4. The fourth-order valence-electron chi connectivity index (χ4n) is 2.10. The highest BCUT2D eigenvalue weighted by molar-refractivity contribution is 5.92. The number of carbonyl (C=O) groups is 2. The number of fused-ring (bicyclic) bond motifs is 1. The molecule has 19 heavy (non-hydrogen) atoms. The first-order valence-electron chi connectivity index (χ1n) is 6.06. The number of carbonyl (C=O) groups excluding carboxylic acids is 1. The first kappa shape index (κ1) is 13.1. The van der Waals surface area contributed by atoms with Gasteiger partial charge >= 0.3 is 12.1 Å². The van der Waals surface area contributed by atoms with E-state index in [1.807, 2.05) is 12.1 Å². The van der Waals surface area contributed by atoms with Gasteiger partial charge in [0, 0.05) is 11.1 Å². The van der Waals surface area contributed by atoms with E-state index in [2.05, 4.69) is 0 Å². The van der Waals surface area contributed by atoms with Gasteiger partial charge in [-0.2, -0.15) is 0 Å². The van der Waals surface area contributed by atoms with Crippen molar-refractivity contribution in [3.8, 4) is 0 Å². The maximum absolute atomic E-state index is 11.8. The van der Waals surface area contributed by atoms with Crippen molar-refractivity contribution in [1.29, 1.82) is 0 Å². The third kappa shape index (κ3) is 2.31. The molecule has 0 radical (unpaired) electrons. The van der Waals surface area contributed by atoms with Gasteiger partial charge in [0.05, 0.1) is 18.0 Å². The molecular weight excluding hydrogens is 246 g/mol. The van der Waals surface area contributed by atoms with Crippen LogP contribution in [0.3, 0.4) is 0 Å². The van der Waals surface area contributed by atoms with Crippen LogP contribution in [0.5, 0.6) is 0 Å². The first-order chi connectivity index (χ1) is 9.06. The van der Waals surface area contributed by atoms with Gasteiger partial charge in [0.25, 0.3) is 0 Å². The average Bonchev–Trinajstić information content (AvgIpc) is 2.77. The maximum Gasteiger partial charge on any atom is 0.416 e. The number of ether oxygens (including phenoxy) is 1. The van der Waals surface area contributed by atoms with Crippen LogP contribution in [0.2, 0.25) is 0 Å². The molecule has 5 heteroatoms. The second kappa shape index (κ2) is 5.14. The minimum atomic E-state index is -1.10. The van der Waals surface area contributed by atoms with E-state index in [9.17, 15) is 14.7 Å². The van der Waals surface area contributed by atoms with Crippen molar-refractivity contribution in [2.45, 2.75) is 19.8 Å². The number of rotatable bonds is 3. The monoisotopic (exact) mass is 261 g/mol. The molecule has 2 aromatic rings. The van der Waals surface area contributed by atoms with Gasteiger partial charge in [0.15, 0.2) is 0 Å². The van der Waals surface area contributed by atoms with Crippen molar-refractivity contribution in [1.82, 2.24) is 4.57 Å². The Morgan fingerprint density at radius 2 is 2.05 bits per heavy atom. The molecule has 1 aromatic carbocycles. The Hall–Kier alpha value is -2.30. The summed E-state index contributed by atoms with van der Waals surface area (Å²) in [4.78, 5) is 23.2. The summed E-state index contributed by atoms with van der Waals surface area (Å²) in [6.45, 7) is 3.64. The van der Waals surface area contributed by atoms with Gasteiger partial charge < -0.3 is 9.84 Å². The van der Waals surface area contributed by atoms with Gasteiger partial charge in [-0.1, -0.05) is 18.2 Å². The summed E-state index contributed by atoms with van der Waals surface area (Å²) in [5.41, 5.74) is 0.994. The predicted molar refractivity (Wildman–Crippen MR) is 70.4 cm³/mol. The molecule has 100 valence electrons. The van der Waals surface area contributed by atoms with Crippen LogP contribution in [-0.4, -0.2) is 28.3 Å². The van der Waals surface area contributed by atoms with Crippen LogP contribution in [0, 0.1) is 0 Å². The van der Waals surface area contributed by atoms with Crippen LogP contribution in [0.1, 0.15) is 25.5 Å². The summed E-state index contributed by atoms with van der Waals surface area (Å²) in [6.07, 6.45) is -1.10. The Kier molecular flexibility index (Phi) is 3.55. The van der Waals surface area contributed by atoms with Crippen molar-refractivity contribution >= 4 is 23.0 Å². The van der Waals surface area contributed by atoms with Gasteiger partial charge in [0.2, 0.25) is 0 Å². The van der Waals surface area contributed by atoms with Crippen molar-refractivity contribution in [3.63, 3.8) is 0 Å². The second-order valence-electron chi connectivity index (χ2n) is 4.22. The quantitative estimate of drug-likeness (QED) is 0.862. The number of hydrogen-bond acceptors (Lipinski definition) is 3. The van der Waals surface area contributed by atoms with Gasteiger partial charge in [0.1, 0.15) is 0 Å². The molecule has 0 aliphatic carbocycles. The van der Waals surface area contributed by atoms with Crippen LogP contribution in [0.15, 0.2) is 30.3 Å². The Morgan fingerprint density at radius 3 is 2.68 bits per heavy atom. The SMILES string of the molecule is CCOC(=O)C(C)c1cc2ccccc2n1C(=O)O. The number of carboxylic acid groups (broad SMARTS) is 1. The standard InChI is InChI=1S/C14H15NO4/c1-3-19-13(16)9(2)12-8-10-6-4-5-7-11(10)15(12)14(17)18/h4-9H,3H2,1-2H3,(H,17,18). The lowest BCUT2D eigenvalue weighted by Gasteiger charge is -2.12. The summed E-state index contributed by atoms with van der Waals surface area (Å²) in [7, 11) is 0. The normalized spacial score (nSPS) is 12.3. The van der Waals surface area contributed by atoms with E-state index in [4.69, 9.17) is 4.74 Å². The molecule has 0 bridgehead atoms. The molecule has 0 amide bonds. The summed E-state index contributed by atoms with van der Waals surface area (Å²) in [6, 6.07) is 8.83. The topological polar surface area (TPSA) is 68.5 Å². The largest absolute Gasteiger partial charge is 0.465 e. The van der Waals surface area contributed by atoms with Crippen LogP contribution in [0.25, 0.3) is 10.9 Å². The molecule has 0 saturated carbocycles. The zero-order chi connectivity index (χ0) is 14.0. The summed E-state index contributed by atoms with van der Waals surface area (Å²) in [5.74, 6) is -1.05. The van der Waals surface area contributed by atoms with Crippen LogP contribution >= 0.6 is 0 Å². The molecule has 1 heterocycles. The van der Waals surface area contributed by atoms with Crippen LogP contribution in [-0.2, 0) is 9.53 Å². The molecule has 0 fully saturated rings. The summed E-state index contributed by atoms with van der Waals surface area (Å²) < 4.78 is 6.08. The Morgan fingerprint density at radius 1 is 1.37 bits per heavy atom. The molecule has 1 unspecified atom stereocenters. The molecule has 5 nitrogen and oxygen atoms in total. The van der Waals surface area contributed by atoms with Crippen molar-refractivity contribution in [2.24, 2.45) is 0 Å². The highest BCUT2D eigenvalue weighted by Crippen LogP contribution is 2.26. The third-order valence-corrected chi connectivity index (χ3v) is 3.01. The Balaban J connectivity index is 2.56. The smallest absolute Gasteiger partial charge is 0.416 e. The number of aromatic nitrogens is 1. The van der Waals surface area contributed by atoms with E-state index >= 15 is 0 Å². The summed E-state index contributed by atoms with van der Waals surface area (Å²) in [5, 5.41) is 10.1. The highest BCUT2D eigenvalue weighted by atomic mass is 16.5. The van der Waals surface area contributed by atoms with Gasteiger partial charge in [-0.25, -0.2) is 9.36 Å². The van der Waals surface area contributed by atoms with E-state index in [-0.39, 0.29) is 6.61 Å². The van der Waals surface area contributed by atoms with E-state index in [0.717, 1.165) is 9.95 Å². The number of benzene rings is 1. The average molecular weight is 261 g/mol. The fourth-order valence-corrected chi connectivity index (χ4v) is 2.10. The Labute approximate surface area is 110 Å². The second-order valence-corrected chi connectivity index (χ2v) is 4.22. The van der Waals surface area contributed by atoms with Gasteiger partial charge in [-0.15, -0.1) is 0 Å². The number of nitrogens with zero attached hydrogens (tertiary/aromatic N) is 1. The van der Waals surface area contributed by atoms with Crippen molar-refractivity contribution in [2.75, 3.05) is 6.61 Å². The molecule has 1 aromatic heterocycles. The molecule has 0 aliphatic heterocycles. The van der Waals surface area contributed by atoms with Crippen molar-refractivity contribution < 1.29 is 19.4 Å². The Bertz CT molecular complexity index is 629. The number of esters is 1. The molecule has 2 rings (SSSR count). The fraction of sp³-hybridized carbons (Fsp3) is 0.286. The van der Waals surface area contributed by atoms with Crippen molar-refractivity contribution in [3.05, 3.63) is 36.0 Å². The lowest BCUT2D eigenvalue weighted by atomic mass is 10.1. The van der Waals surface area contributed by atoms with E-state index < -0.39 is 18.0 Å². The minimum Gasteiger partial charge on any atom is -0.465 e. The molecule has 1 N–H and O–H groups in total. The van der Waals surface area contributed by atoms with Crippen LogP contribution in [0.4, 0.5) is 4.79 Å². The molecule has 0 spiro atoms. The molecule has 0 aliphatic rings. The number of para-hydroxylation sites is 1.